The molecule has 0 saturated carbocycles. The summed E-state index contributed by atoms with van der Waals surface area (Å²) >= 11 is 0. The molecule has 4 nitrogen and oxygen atoms in total. The largest absolute Gasteiger partial charge is 0.490 e. The third kappa shape index (κ3) is 4.93. The Hall–Kier alpha value is -3.14. The topological polar surface area (TPSA) is 48.4 Å². The SMILES string of the molecule is Cc1cc(C)cc(OCCOC(=O)/C=C/c2ccc3ccccc3n2)c1. The predicted molar refractivity (Wildman–Crippen MR) is 103 cm³/mol. The number of rotatable bonds is 6. The highest BCUT2D eigenvalue weighted by atomic mass is 16.6. The summed E-state index contributed by atoms with van der Waals surface area (Å²) in [6.45, 7) is 4.55. The molecule has 0 radical (unpaired) electrons. The van der Waals surface area contributed by atoms with Crippen LogP contribution in [0, 0.1) is 13.8 Å². The predicted octanol–water partition coefficient (Wildman–Crippen LogP) is 4.49. The molecule has 0 amide bonds. The number of aromatic nitrogens is 1. The molecule has 3 rings (SSSR count). The molecule has 1 aromatic heterocycles. The van der Waals surface area contributed by atoms with Crippen molar-refractivity contribution < 1.29 is 14.3 Å². The molecule has 4 heteroatoms. The van der Waals surface area contributed by atoms with E-state index in [4.69, 9.17) is 9.47 Å². The molecule has 0 aliphatic carbocycles. The average molecular weight is 347 g/mol. The second kappa shape index (κ2) is 8.30. The number of fused-ring (bicyclic) bond motifs is 1. The number of carbonyl (C=O) groups is 1. The minimum Gasteiger partial charge on any atom is -0.490 e. The normalized spacial score (nSPS) is 11.0. The standard InChI is InChI=1S/C22H21NO3/c1-16-13-17(2)15-20(14-16)25-11-12-26-22(24)10-9-19-8-7-18-5-3-4-6-21(18)23-19/h3-10,13-15H,11-12H2,1-2H3/b10-9+. The van der Waals surface area contributed by atoms with E-state index in [1.165, 1.54) is 6.08 Å². The number of ether oxygens (including phenoxy) is 2. The van der Waals surface area contributed by atoms with E-state index < -0.39 is 5.97 Å². The smallest absolute Gasteiger partial charge is 0.330 e. The summed E-state index contributed by atoms with van der Waals surface area (Å²) < 4.78 is 10.8. The van der Waals surface area contributed by atoms with Gasteiger partial charge in [0.1, 0.15) is 19.0 Å². The summed E-state index contributed by atoms with van der Waals surface area (Å²) in [5.74, 6) is 0.374. The molecular formula is C22H21NO3. The number of hydrogen-bond donors (Lipinski definition) is 0. The van der Waals surface area contributed by atoms with E-state index in [2.05, 4.69) is 11.1 Å². The minimum atomic E-state index is -0.413. The molecule has 0 saturated heterocycles. The van der Waals surface area contributed by atoms with Gasteiger partial charge >= 0.3 is 5.97 Å². The highest BCUT2D eigenvalue weighted by molar-refractivity contribution is 5.87. The van der Waals surface area contributed by atoms with Gasteiger partial charge in [-0.05, 0) is 55.3 Å². The summed E-state index contributed by atoms with van der Waals surface area (Å²) in [5.41, 5.74) is 3.89. The number of aryl methyl sites for hydroxylation is 2. The highest BCUT2D eigenvalue weighted by Crippen LogP contribution is 2.16. The molecule has 0 fully saturated rings. The molecule has 0 atom stereocenters. The number of esters is 1. The first kappa shape index (κ1) is 17.7. The van der Waals surface area contributed by atoms with E-state index in [9.17, 15) is 4.79 Å². The second-order valence-corrected chi connectivity index (χ2v) is 6.10. The van der Waals surface area contributed by atoms with E-state index in [-0.39, 0.29) is 6.61 Å². The molecule has 0 N–H and O–H groups in total. The van der Waals surface area contributed by atoms with Gasteiger partial charge in [-0.15, -0.1) is 0 Å². The Morgan fingerprint density at radius 3 is 2.58 bits per heavy atom. The van der Waals surface area contributed by atoms with Gasteiger partial charge < -0.3 is 9.47 Å². The number of benzene rings is 2. The van der Waals surface area contributed by atoms with Crippen molar-refractivity contribution >= 4 is 22.9 Å². The van der Waals surface area contributed by atoms with Crippen LogP contribution < -0.4 is 4.74 Å². The summed E-state index contributed by atoms with van der Waals surface area (Å²) in [5, 5.41) is 1.07. The first-order valence-corrected chi connectivity index (χ1v) is 8.52. The molecule has 0 spiro atoms. The summed E-state index contributed by atoms with van der Waals surface area (Å²) in [4.78, 5) is 16.3. The zero-order valence-electron chi connectivity index (χ0n) is 14.9. The molecule has 0 aliphatic heterocycles. The minimum absolute atomic E-state index is 0.196. The van der Waals surface area contributed by atoms with E-state index in [0.29, 0.717) is 12.3 Å². The van der Waals surface area contributed by atoms with Gasteiger partial charge in [0.2, 0.25) is 0 Å². The Morgan fingerprint density at radius 2 is 1.77 bits per heavy atom. The van der Waals surface area contributed by atoms with Crippen molar-refractivity contribution in [1.82, 2.24) is 4.98 Å². The number of pyridine rings is 1. The number of para-hydroxylation sites is 1. The lowest BCUT2D eigenvalue weighted by atomic mass is 10.1. The fraction of sp³-hybridized carbons (Fsp3) is 0.182. The third-order valence-electron chi connectivity index (χ3n) is 3.80. The molecule has 1 heterocycles. The molecule has 2 aromatic carbocycles. The molecule has 132 valence electrons. The number of nitrogens with zero attached hydrogens (tertiary/aromatic N) is 1. The van der Waals surface area contributed by atoms with Crippen LogP contribution in [0.1, 0.15) is 16.8 Å². The van der Waals surface area contributed by atoms with Gasteiger partial charge in [-0.2, -0.15) is 0 Å². The van der Waals surface area contributed by atoms with Gasteiger partial charge in [0.05, 0.1) is 11.2 Å². The first-order chi connectivity index (χ1) is 12.6. The molecule has 3 aromatic rings. The molecule has 0 bridgehead atoms. The number of carbonyl (C=O) groups excluding carboxylic acids is 1. The van der Waals surface area contributed by atoms with Gasteiger partial charge in [-0.25, -0.2) is 9.78 Å². The van der Waals surface area contributed by atoms with Crippen molar-refractivity contribution in [2.45, 2.75) is 13.8 Å². The Labute approximate surface area is 153 Å². The Morgan fingerprint density at radius 1 is 1.00 bits per heavy atom. The maximum atomic E-state index is 11.8. The third-order valence-corrected chi connectivity index (χ3v) is 3.80. The van der Waals surface area contributed by atoms with E-state index in [0.717, 1.165) is 27.8 Å². The maximum Gasteiger partial charge on any atom is 0.330 e. The highest BCUT2D eigenvalue weighted by Gasteiger charge is 2.01. The maximum absolute atomic E-state index is 11.8. The fourth-order valence-corrected chi connectivity index (χ4v) is 2.69. The monoisotopic (exact) mass is 347 g/mol. The van der Waals surface area contributed by atoms with Crippen LogP contribution >= 0.6 is 0 Å². The van der Waals surface area contributed by atoms with Crippen molar-refractivity contribution in [3.05, 3.63) is 77.5 Å². The van der Waals surface area contributed by atoms with Crippen LogP contribution in [-0.4, -0.2) is 24.2 Å². The number of hydrogen-bond acceptors (Lipinski definition) is 4. The Kier molecular flexibility index (Phi) is 5.64. The lowest BCUT2D eigenvalue weighted by Crippen LogP contribution is -2.10. The van der Waals surface area contributed by atoms with E-state index in [1.54, 1.807) is 6.08 Å². The Bertz CT molecular complexity index is 927. The van der Waals surface area contributed by atoms with Crippen LogP contribution in [0.3, 0.4) is 0 Å². The summed E-state index contributed by atoms with van der Waals surface area (Å²) in [6.07, 6.45) is 3.04. The van der Waals surface area contributed by atoms with Gasteiger partial charge in [0.15, 0.2) is 0 Å². The molecule has 0 aliphatic rings. The average Bonchev–Trinajstić information content (AvgIpc) is 2.62. The van der Waals surface area contributed by atoms with Crippen LogP contribution in [0.5, 0.6) is 5.75 Å². The van der Waals surface area contributed by atoms with Gasteiger partial charge in [-0.1, -0.05) is 30.3 Å². The van der Waals surface area contributed by atoms with E-state index in [1.807, 2.05) is 62.4 Å². The lowest BCUT2D eigenvalue weighted by Gasteiger charge is -2.08. The van der Waals surface area contributed by atoms with Crippen LogP contribution in [0.25, 0.3) is 17.0 Å². The van der Waals surface area contributed by atoms with Crippen molar-refractivity contribution in [3.8, 4) is 5.75 Å². The van der Waals surface area contributed by atoms with Crippen LogP contribution in [0.15, 0.2) is 60.7 Å². The summed E-state index contributed by atoms with van der Waals surface area (Å²) in [6, 6.07) is 17.7. The van der Waals surface area contributed by atoms with Crippen LogP contribution in [0.2, 0.25) is 0 Å². The Balaban J connectivity index is 1.48. The zero-order chi connectivity index (χ0) is 18.4. The van der Waals surface area contributed by atoms with Gasteiger partial charge in [0, 0.05) is 11.5 Å². The molecular weight excluding hydrogens is 326 g/mol. The van der Waals surface area contributed by atoms with Crippen molar-refractivity contribution in [3.63, 3.8) is 0 Å². The quantitative estimate of drug-likeness (QED) is 0.374. The lowest BCUT2D eigenvalue weighted by molar-refractivity contribution is -0.138. The van der Waals surface area contributed by atoms with E-state index >= 15 is 0 Å². The fourth-order valence-electron chi connectivity index (χ4n) is 2.69. The second-order valence-electron chi connectivity index (χ2n) is 6.10. The first-order valence-electron chi connectivity index (χ1n) is 8.52. The van der Waals surface area contributed by atoms with Gasteiger partial charge in [-0.3, -0.25) is 0 Å². The van der Waals surface area contributed by atoms with Crippen molar-refractivity contribution in [2.75, 3.05) is 13.2 Å². The van der Waals surface area contributed by atoms with Crippen LogP contribution in [-0.2, 0) is 9.53 Å². The van der Waals surface area contributed by atoms with Crippen molar-refractivity contribution in [1.29, 1.82) is 0 Å². The molecule has 0 unspecified atom stereocenters. The molecule has 26 heavy (non-hydrogen) atoms. The van der Waals surface area contributed by atoms with Crippen LogP contribution in [0.4, 0.5) is 0 Å². The van der Waals surface area contributed by atoms with Gasteiger partial charge in [0.25, 0.3) is 0 Å². The zero-order valence-corrected chi connectivity index (χ0v) is 14.9. The summed E-state index contributed by atoms with van der Waals surface area (Å²) in [7, 11) is 0. The van der Waals surface area contributed by atoms with Crippen molar-refractivity contribution in [2.24, 2.45) is 0 Å².